The highest BCUT2D eigenvalue weighted by Gasteiger charge is 2.17. The van der Waals surface area contributed by atoms with E-state index in [1.54, 1.807) is 54.7 Å². The predicted molar refractivity (Wildman–Crippen MR) is 128 cm³/mol. The molecule has 1 aliphatic rings. The number of aromatic nitrogens is 1. The van der Waals surface area contributed by atoms with E-state index in [2.05, 4.69) is 32.8 Å². The Morgan fingerprint density at radius 1 is 1.03 bits per heavy atom. The lowest BCUT2D eigenvalue weighted by Gasteiger charge is -2.32. The van der Waals surface area contributed by atoms with E-state index in [-0.39, 0.29) is 11.8 Å². The molecule has 1 aliphatic heterocycles. The molecule has 3 N–H and O–H groups in total. The Hall–Kier alpha value is -3.42. The highest BCUT2D eigenvalue weighted by Crippen LogP contribution is 2.26. The van der Waals surface area contributed by atoms with Crippen molar-refractivity contribution >= 4 is 40.6 Å². The van der Waals surface area contributed by atoms with Crippen LogP contribution in [-0.4, -0.2) is 42.5 Å². The Balaban J connectivity index is 1.43. The molecule has 4 rings (SSSR count). The number of piperazine rings is 1. The minimum Gasteiger partial charge on any atom is -0.354 e. The number of carbonyl (C=O) groups is 2. The minimum absolute atomic E-state index is 0.280. The van der Waals surface area contributed by atoms with Gasteiger partial charge in [0.25, 0.3) is 11.8 Å². The van der Waals surface area contributed by atoms with E-state index < -0.39 is 0 Å². The van der Waals surface area contributed by atoms with Gasteiger partial charge in [0.15, 0.2) is 0 Å². The number of amides is 2. The van der Waals surface area contributed by atoms with E-state index in [9.17, 15) is 9.59 Å². The Morgan fingerprint density at radius 3 is 2.53 bits per heavy atom. The van der Waals surface area contributed by atoms with Crippen molar-refractivity contribution in [1.29, 1.82) is 0 Å². The third-order valence-electron chi connectivity index (χ3n) is 5.21. The molecule has 8 heteroatoms. The molecule has 1 fully saturated rings. The van der Waals surface area contributed by atoms with Crippen LogP contribution in [0.25, 0.3) is 0 Å². The maximum absolute atomic E-state index is 12.7. The van der Waals surface area contributed by atoms with Crippen LogP contribution in [0.15, 0.2) is 66.9 Å². The summed E-state index contributed by atoms with van der Waals surface area (Å²) in [5, 5.41) is 9.39. The van der Waals surface area contributed by atoms with Crippen LogP contribution < -0.4 is 20.9 Å². The molecule has 0 bridgehead atoms. The molecule has 2 amide bonds. The minimum atomic E-state index is -0.291. The first-order valence-electron chi connectivity index (χ1n) is 10.4. The third-order valence-corrected chi connectivity index (χ3v) is 5.54. The number of hydrogen-bond acceptors (Lipinski definition) is 5. The van der Waals surface area contributed by atoms with Crippen molar-refractivity contribution in [3.05, 3.63) is 83.0 Å². The van der Waals surface area contributed by atoms with Crippen molar-refractivity contribution in [3.8, 4) is 0 Å². The molecule has 3 aromatic rings. The maximum atomic E-state index is 12.7. The number of pyridine rings is 1. The van der Waals surface area contributed by atoms with Crippen molar-refractivity contribution < 1.29 is 9.59 Å². The lowest BCUT2D eigenvalue weighted by atomic mass is 10.2. The summed E-state index contributed by atoms with van der Waals surface area (Å²) in [7, 11) is 0. The van der Waals surface area contributed by atoms with Gasteiger partial charge in [0.05, 0.1) is 16.3 Å². The molecule has 1 aromatic heterocycles. The fraction of sp³-hybridized carbons (Fsp3) is 0.208. The maximum Gasteiger partial charge on any atom is 0.257 e. The summed E-state index contributed by atoms with van der Waals surface area (Å²) in [5.74, 6) is 0.283. The normalized spacial score (nSPS) is 15.8. The molecule has 0 aliphatic carbocycles. The third kappa shape index (κ3) is 5.25. The fourth-order valence-electron chi connectivity index (χ4n) is 3.53. The van der Waals surface area contributed by atoms with Crippen LogP contribution in [0.1, 0.15) is 27.6 Å². The predicted octanol–water partition coefficient (Wildman–Crippen LogP) is 4.04. The van der Waals surface area contributed by atoms with E-state index >= 15 is 0 Å². The zero-order valence-corrected chi connectivity index (χ0v) is 18.4. The number of halogens is 1. The number of carbonyl (C=O) groups excluding carboxylic acids is 2. The van der Waals surface area contributed by atoms with Gasteiger partial charge in [-0.3, -0.25) is 9.59 Å². The van der Waals surface area contributed by atoms with Crippen molar-refractivity contribution in [2.75, 3.05) is 35.2 Å². The number of nitrogens with one attached hydrogen (secondary N) is 3. The smallest absolute Gasteiger partial charge is 0.257 e. The molecule has 1 saturated heterocycles. The van der Waals surface area contributed by atoms with Gasteiger partial charge in [-0.15, -0.1) is 0 Å². The number of benzene rings is 2. The van der Waals surface area contributed by atoms with Crippen LogP contribution in [0.3, 0.4) is 0 Å². The zero-order chi connectivity index (χ0) is 22.5. The molecule has 0 saturated carbocycles. The van der Waals surface area contributed by atoms with Gasteiger partial charge in [-0.25, -0.2) is 4.98 Å². The Bertz CT molecular complexity index is 1110. The van der Waals surface area contributed by atoms with Crippen LogP contribution in [0.4, 0.5) is 17.2 Å². The number of nitrogens with zero attached hydrogens (tertiary/aromatic N) is 2. The summed E-state index contributed by atoms with van der Waals surface area (Å²) < 4.78 is 0. The van der Waals surface area contributed by atoms with Crippen molar-refractivity contribution in [3.63, 3.8) is 0 Å². The number of anilines is 3. The number of rotatable bonds is 5. The molecule has 32 heavy (non-hydrogen) atoms. The Kier molecular flexibility index (Phi) is 6.68. The first-order valence-corrected chi connectivity index (χ1v) is 10.8. The standard InChI is InChI=1S/C24H24ClN5O2/c1-16-15-30(12-11-26-16)22-10-7-18(14-27-22)24(32)28-19-8-9-20(25)21(13-19)29-23(31)17-5-3-2-4-6-17/h2-10,13-14,16,26H,11-12,15H2,1H3,(H,28,32)(H,29,31)/t16-/m0/s1. The second kappa shape index (κ2) is 9.80. The molecule has 0 unspecified atom stereocenters. The summed E-state index contributed by atoms with van der Waals surface area (Å²) in [6, 6.07) is 17.8. The van der Waals surface area contributed by atoms with Crippen LogP contribution >= 0.6 is 11.6 Å². The van der Waals surface area contributed by atoms with Gasteiger partial charge in [-0.05, 0) is 49.4 Å². The SMILES string of the molecule is C[C@H]1CN(c2ccc(C(=O)Nc3ccc(Cl)c(NC(=O)c4ccccc4)c3)cn2)CCN1. The van der Waals surface area contributed by atoms with Gasteiger partial charge in [0.1, 0.15) is 5.82 Å². The van der Waals surface area contributed by atoms with Crippen molar-refractivity contribution in [2.45, 2.75) is 13.0 Å². The summed E-state index contributed by atoms with van der Waals surface area (Å²) in [5.41, 5.74) is 1.90. The quantitative estimate of drug-likeness (QED) is 0.547. The zero-order valence-electron chi connectivity index (χ0n) is 17.6. The molecular formula is C24H24ClN5O2. The molecule has 0 radical (unpaired) electrons. The molecular weight excluding hydrogens is 426 g/mol. The highest BCUT2D eigenvalue weighted by molar-refractivity contribution is 6.34. The van der Waals surface area contributed by atoms with Gasteiger partial charge in [-0.1, -0.05) is 29.8 Å². The summed E-state index contributed by atoms with van der Waals surface area (Å²) >= 11 is 6.24. The van der Waals surface area contributed by atoms with Gasteiger partial charge >= 0.3 is 0 Å². The topological polar surface area (TPSA) is 86.4 Å². The first-order chi connectivity index (χ1) is 15.5. The van der Waals surface area contributed by atoms with Crippen molar-refractivity contribution in [1.82, 2.24) is 10.3 Å². The average molecular weight is 450 g/mol. The lowest BCUT2D eigenvalue weighted by Crippen LogP contribution is -2.49. The number of hydrogen-bond donors (Lipinski definition) is 3. The lowest BCUT2D eigenvalue weighted by molar-refractivity contribution is 0.101. The second-order valence-electron chi connectivity index (χ2n) is 7.68. The summed E-state index contributed by atoms with van der Waals surface area (Å²) in [6.07, 6.45) is 1.57. The van der Waals surface area contributed by atoms with E-state index in [0.29, 0.717) is 33.6 Å². The molecule has 2 aromatic carbocycles. The van der Waals surface area contributed by atoms with E-state index in [0.717, 1.165) is 25.5 Å². The largest absolute Gasteiger partial charge is 0.354 e. The molecule has 1 atom stereocenters. The van der Waals surface area contributed by atoms with E-state index in [1.807, 2.05) is 12.1 Å². The Labute approximate surface area is 191 Å². The van der Waals surface area contributed by atoms with Crippen LogP contribution in [-0.2, 0) is 0 Å². The summed E-state index contributed by atoms with van der Waals surface area (Å²) in [6.45, 7) is 4.80. The fourth-order valence-corrected chi connectivity index (χ4v) is 3.70. The van der Waals surface area contributed by atoms with E-state index in [1.165, 1.54) is 0 Å². The van der Waals surface area contributed by atoms with Gasteiger partial charge in [0.2, 0.25) is 0 Å². The first kappa shape index (κ1) is 21.8. The van der Waals surface area contributed by atoms with Gasteiger partial charge in [-0.2, -0.15) is 0 Å². The van der Waals surface area contributed by atoms with Crippen LogP contribution in [0.5, 0.6) is 0 Å². The van der Waals surface area contributed by atoms with Crippen LogP contribution in [0.2, 0.25) is 5.02 Å². The monoisotopic (exact) mass is 449 g/mol. The summed E-state index contributed by atoms with van der Waals surface area (Å²) in [4.78, 5) is 31.8. The average Bonchev–Trinajstić information content (AvgIpc) is 2.82. The van der Waals surface area contributed by atoms with Crippen LogP contribution in [0, 0.1) is 0 Å². The molecule has 0 spiro atoms. The van der Waals surface area contributed by atoms with E-state index in [4.69, 9.17) is 11.6 Å². The molecule has 164 valence electrons. The molecule has 7 nitrogen and oxygen atoms in total. The molecule has 2 heterocycles. The highest BCUT2D eigenvalue weighted by atomic mass is 35.5. The van der Waals surface area contributed by atoms with Gasteiger partial charge in [0, 0.05) is 43.1 Å². The second-order valence-corrected chi connectivity index (χ2v) is 8.08. The van der Waals surface area contributed by atoms with Gasteiger partial charge < -0.3 is 20.9 Å². The van der Waals surface area contributed by atoms with Crippen molar-refractivity contribution in [2.24, 2.45) is 0 Å². The Morgan fingerprint density at radius 2 is 1.81 bits per heavy atom.